The Hall–Kier alpha value is -2.50. The van der Waals surface area contributed by atoms with Gasteiger partial charge in [-0.2, -0.15) is 0 Å². The molecule has 1 aliphatic rings. The monoisotopic (exact) mass is 312 g/mol. The summed E-state index contributed by atoms with van der Waals surface area (Å²) >= 11 is 0. The summed E-state index contributed by atoms with van der Waals surface area (Å²) in [5.41, 5.74) is 1.69. The normalized spacial score (nSPS) is 17.8. The van der Waals surface area contributed by atoms with Gasteiger partial charge in [-0.3, -0.25) is 9.78 Å². The van der Waals surface area contributed by atoms with E-state index < -0.39 is 0 Å². The number of aryl methyl sites for hydroxylation is 1. The van der Waals surface area contributed by atoms with E-state index in [2.05, 4.69) is 21.9 Å². The van der Waals surface area contributed by atoms with Gasteiger partial charge in [0.05, 0.1) is 12.1 Å². The Labute approximate surface area is 135 Å². The van der Waals surface area contributed by atoms with Crippen molar-refractivity contribution < 1.29 is 9.53 Å². The largest absolute Gasteiger partial charge is 0.458 e. The number of hydrogen-bond acceptors (Lipinski definition) is 5. The number of piperidine rings is 1. The number of nitrogens with zero attached hydrogens (tertiary/aromatic N) is 4. The number of pyridine rings is 1. The summed E-state index contributed by atoms with van der Waals surface area (Å²) in [5, 5.41) is 0. The van der Waals surface area contributed by atoms with Gasteiger partial charge in [0.1, 0.15) is 6.10 Å². The minimum Gasteiger partial charge on any atom is -0.458 e. The Kier molecular flexibility index (Phi) is 4.80. The third-order valence-corrected chi connectivity index (χ3v) is 3.94. The number of amides is 1. The Morgan fingerprint density at radius 1 is 1.35 bits per heavy atom. The van der Waals surface area contributed by atoms with Crippen molar-refractivity contribution in [2.24, 2.45) is 0 Å². The van der Waals surface area contributed by atoms with Gasteiger partial charge in [-0.25, -0.2) is 9.97 Å². The van der Waals surface area contributed by atoms with E-state index in [1.54, 1.807) is 36.9 Å². The molecule has 0 radical (unpaired) electrons. The average Bonchev–Trinajstić information content (AvgIpc) is 2.63. The highest BCUT2D eigenvalue weighted by molar-refractivity contribution is 5.93. The Bertz CT molecular complexity index is 645. The molecule has 3 heterocycles. The van der Waals surface area contributed by atoms with Gasteiger partial charge in [0.15, 0.2) is 0 Å². The third-order valence-electron chi connectivity index (χ3n) is 3.94. The highest BCUT2D eigenvalue weighted by Gasteiger charge is 2.26. The summed E-state index contributed by atoms with van der Waals surface area (Å²) in [5.74, 6) is -0.00588. The van der Waals surface area contributed by atoms with Crippen LogP contribution in [0.2, 0.25) is 0 Å². The molecule has 0 spiro atoms. The van der Waals surface area contributed by atoms with Crippen molar-refractivity contribution in [1.82, 2.24) is 19.9 Å². The molecule has 0 bridgehead atoms. The first kappa shape index (κ1) is 15.4. The van der Waals surface area contributed by atoms with Gasteiger partial charge in [-0.15, -0.1) is 0 Å². The molecule has 6 heteroatoms. The maximum absolute atomic E-state index is 12.5. The van der Waals surface area contributed by atoms with Gasteiger partial charge in [0.25, 0.3) is 5.91 Å². The van der Waals surface area contributed by atoms with Gasteiger partial charge < -0.3 is 9.64 Å². The molecular weight excluding hydrogens is 292 g/mol. The molecule has 1 saturated heterocycles. The van der Waals surface area contributed by atoms with Gasteiger partial charge in [0.2, 0.25) is 0 Å². The van der Waals surface area contributed by atoms with Crippen LogP contribution >= 0.6 is 0 Å². The van der Waals surface area contributed by atoms with E-state index in [4.69, 9.17) is 4.74 Å². The van der Waals surface area contributed by atoms with Crippen LogP contribution in [0.5, 0.6) is 6.01 Å². The molecule has 0 aliphatic carbocycles. The summed E-state index contributed by atoms with van der Waals surface area (Å²) in [6.07, 6.45) is 9.45. The maximum Gasteiger partial charge on any atom is 0.316 e. The minimum absolute atomic E-state index is 0.00588. The molecule has 3 rings (SSSR count). The van der Waals surface area contributed by atoms with E-state index in [1.807, 2.05) is 4.90 Å². The van der Waals surface area contributed by atoms with Crippen LogP contribution < -0.4 is 4.74 Å². The van der Waals surface area contributed by atoms with Crippen LogP contribution in [0.25, 0.3) is 0 Å². The van der Waals surface area contributed by atoms with E-state index in [9.17, 15) is 4.79 Å². The van der Waals surface area contributed by atoms with Crippen LogP contribution in [0, 0.1) is 0 Å². The van der Waals surface area contributed by atoms with Crippen LogP contribution in [0.1, 0.15) is 35.7 Å². The molecule has 0 aromatic carbocycles. The lowest BCUT2D eigenvalue weighted by Crippen LogP contribution is -2.44. The number of likely N-dealkylation sites (tertiary alicyclic amines) is 1. The van der Waals surface area contributed by atoms with Crippen molar-refractivity contribution in [2.45, 2.75) is 32.3 Å². The molecule has 1 amide bonds. The summed E-state index contributed by atoms with van der Waals surface area (Å²) in [6.45, 7) is 3.35. The molecule has 6 nitrogen and oxygen atoms in total. The molecule has 2 aromatic rings. The number of rotatable bonds is 4. The Morgan fingerprint density at radius 3 is 2.87 bits per heavy atom. The maximum atomic E-state index is 12.5. The minimum atomic E-state index is -0.0724. The fourth-order valence-electron chi connectivity index (χ4n) is 2.63. The van der Waals surface area contributed by atoms with E-state index >= 15 is 0 Å². The number of carbonyl (C=O) groups excluding carboxylic acids is 1. The lowest BCUT2D eigenvalue weighted by Gasteiger charge is -2.32. The van der Waals surface area contributed by atoms with Crippen molar-refractivity contribution in [3.8, 4) is 6.01 Å². The van der Waals surface area contributed by atoms with Gasteiger partial charge >= 0.3 is 6.01 Å². The molecule has 1 unspecified atom stereocenters. The Morgan fingerprint density at radius 2 is 2.17 bits per heavy atom. The van der Waals surface area contributed by atoms with Crippen LogP contribution in [0.4, 0.5) is 0 Å². The van der Waals surface area contributed by atoms with E-state index in [-0.39, 0.29) is 12.0 Å². The smallest absolute Gasteiger partial charge is 0.316 e. The van der Waals surface area contributed by atoms with Crippen LogP contribution in [0.3, 0.4) is 0 Å². The predicted molar refractivity (Wildman–Crippen MR) is 85.2 cm³/mol. The average molecular weight is 312 g/mol. The van der Waals surface area contributed by atoms with Crippen molar-refractivity contribution in [3.63, 3.8) is 0 Å². The highest BCUT2D eigenvalue weighted by atomic mass is 16.5. The van der Waals surface area contributed by atoms with Crippen molar-refractivity contribution in [1.29, 1.82) is 0 Å². The van der Waals surface area contributed by atoms with Gasteiger partial charge in [-0.05, 0) is 37.0 Å². The second-order valence-electron chi connectivity index (χ2n) is 5.60. The molecule has 0 saturated carbocycles. The van der Waals surface area contributed by atoms with Gasteiger partial charge in [-0.1, -0.05) is 6.92 Å². The Balaban J connectivity index is 1.62. The highest BCUT2D eigenvalue weighted by Crippen LogP contribution is 2.17. The van der Waals surface area contributed by atoms with E-state index in [1.165, 1.54) is 0 Å². The first-order valence-corrected chi connectivity index (χ1v) is 7.93. The van der Waals surface area contributed by atoms with Crippen LogP contribution in [-0.4, -0.2) is 45.0 Å². The zero-order valence-corrected chi connectivity index (χ0v) is 13.2. The summed E-state index contributed by atoms with van der Waals surface area (Å²) in [4.78, 5) is 26.7. The SMILES string of the molecule is CCc1cnc(OC2CCCN(C(=O)c3cccnc3)C2)nc1. The molecule has 1 atom stereocenters. The molecule has 23 heavy (non-hydrogen) atoms. The summed E-state index contributed by atoms with van der Waals surface area (Å²) in [7, 11) is 0. The number of carbonyl (C=O) groups is 1. The van der Waals surface area contributed by atoms with Crippen molar-refractivity contribution in [2.75, 3.05) is 13.1 Å². The quantitative estimate of drug-likeness (QED) is 0.865. The van der Waals surface area contributed by atoms with Crippen LogP contribution in [-0.2, 0) is 6.42 Å². The topological polar surface area (TPSA) is 68.2 Å². The predicted octanol–water partition coefficient (Wildman–Crippen LogP) is 2.12. The summed E-state index contributed by atoms with van der Waals surface area (Å²) < 4.78 is 5.84. The number of aromatic nitrogens is 3. The summed E-state index contributed by atoms with van der Waals surface area (Å²) in [6, 6.07) is 3.93. The standard InChI is InChI=1S/C17H20N4O2/c1-2-13-9-19-17(20-10-13)23-15-6-4-8-21(12-15)16(22)14-5-3-7-18-11-14/h3,5,7,9-11,15H,2,4,6,8,12H2,1H3. The lowest BCUT2D eigenvalue weighted by molar-refractivity contribution is 0.0515. The molecule has 0 N–H and O–H groups in total. The van der Waals surface area contributed by atoms with E-state index in [0.717, 1.165) is 31.4 Å². The lowest BCUT2D eigenvalue weighted by atomic mass is 10.1. The molecule has 2 aromatic heterocycles. The first-order chi connectivity index (χ1) is 11.3. The number of hydrogen-bond donors (Lipinski definition) is 0. The van der Waals surface area contributed by atoms with E-state index in [0.29, 0.717) is 18.1 Å². The fraction of sp³-hybridized carbons (Fsp3) is 0.412. The second kappa shape index (κ2) is 7.17. The van der Waals surface area contributed by atoms with Crippen molar-refractivity contribution in [3.05, 3.63) is 48.0 Å². The van der Waals surface area contributed by atoms with Crippen molar-refractivity contribution >= 4 is 5.91 Å². The number of ether oxygens (including phenoxy) is 1. The molecular formula is C17H20N4O2. The zero-order valence-electron chi connectivity index (χ0n) is 13.2. The molecule has 1 aliphatic heterocycles. The van der Waals surface area contributed by atoms with Crippen LogP contribution in [0.15, 0.2) is 36.9 Å². The molecule has 120 valence electrons. The molecule has 1 fully saturated rings. The first-order valence-electron chi connectivity index (χ1n) is 7.93. The third kappa shape index (κ3) is 3.83. The second-order valence-corrected chi connectivity index (χ2v) is 5.60. The zero-order chi connectivity index (χ0) is 16.1. The fourth-order valence-corrected chi connectivity index (χ4v) is 2.63. The van der Waals surface area contributed by atoms with Gasteiger partial charge in [0, 0.05) is 31.3 Å².